The summed E-state index contributed by atoms with van der Waals surface area (Å²) in [6.07, 6.45) is 2.63. The molecule has 0 unspecified atom stereocenters. The van der Waals surface area contributed by atoms with Crippen LogP contribution in [0.2, 0.25) is 0 Å². The standard InChI is InChI=1S/C6H9BrN2O3/c1-5(8-10)4-6(2-3-7)9(11)12/h2,4,8,10H,3H2,1H3/b5-4-,6-2+. The number of hydroxylamine groups is 1. The second-order valence-corrected chi connectivity index (χ2v) is 2.63. The lowest BCUT2D eigenvalue weighted by molar-refractivity contribution is -0.419. The largest absolute Gasteiger partial charge is 0.291 e. The van der Waals surface area contributed by atoms with Crippen molar-refractivity contribution in [3.63, 3.8) is 0 Å². The third-order valence-electron chi connectivity index (χ3n) is 1.04. The van der Waals surface area contributed by atoms with Gasteiger partial charge in [0.25, 0.3) is 5.70 Å². The second kappa shape index (κ2) is 5.73. The molecule has 0 heterocycles. The Kier molecular flexibility index (Phi) is 5.31. The Labute approximate surface area is 78.0 Å². The highest BCUT2D eigenvalue weighted by atomic mass is 79.9. The van der Waals surface area contributed by atoms with Crippen molar-refractivity contribution in [1.29, 1.82) is 0 Å². The molecule has 0 radical (unpaired) electrons. The maximum absolute atomic E-state index is 10.3. The summed E-state index contributed by atoms with van der Waals surface area (Å²) in [7, 11) is 0. The molecule has 0 saturated heterocycles. The Hall–Kier alpha value is -0.880. The van der Waals surface area contributed by atoms with E-state index in [1.54, 1.807) is 0 Å². The molecule has 68 valence electrons. The summed E-state index contributed by atoms with van der Waals surface area (Å²) in [6, 6.07) is 0. The second-order valence-electron chi connectivity index (χ2n) is 1.98. The summed E-state index contributed by atoms with van der Waals surface area (Å²) in [5.41, 5.74) is 2.06. The van der Waals surface area contributed by atoms with E-state index in [1.807, 2.05) is 5.48 Å². The van der Waals surface area contributed by atoms with Gasteiger partial charge < -0.3 is 0 Å². The Morgan fingerprint density at radius 2 is 2.42 bits per heavy atom. The predicted octanol–water partition coefficient (Wildman–Crippen LogP) is 1.42. The highest BCUT2D eigenvalue weighted by molar-refractivity contribution is 9.09. The van der Waals surface area contributed by atoms with Crippen LogP contribution in [0.15, 0.2) is 23.5 Å². The first-order valence-electron chi connectivity index (χ1n) is 3.10. The summed E-state index contributed by atoms with van der Waals surface area (Å²) in [5, 5.41) is 19.1. The Balaban J connectivity index is 4.55. The van der Waals surface area contributed by atoms with Crippen molar-refractivity contribution in [1.82, 2.24) is 5.48 Å². The molecular formula is C6H9BrN2O3. The zero-order chi connectivity index (χ0) is 9.56. The molecule has 6 heteroatoms. The van der Waals surface area contributed by atoms with Gasteiger partial charge in [0.2, 0.25) is 0 Å². The molecule has 0 aliphatic heterocycles. The summed E-state index contributed by atoms with van der Waals surface area (Å²) in [6.45, 7) is 1.52. The lowest BCUT2D eigenvalue weighted by Gasteiger charge is -1.95. The lowest BCUT2D eigenvalue weighted by atomic mass is 10.3. The van der Waals surface area contributed by atoms with E-state index in [9.17, 15) is 10.1 Å². The molecule has 0 spiro atoms. The minimum Gasteiger partial charge on any atom is -0.291 e. The van der Waals surface area contributed by atoms with E-state index < -0.39 is 4.92 Å². The van der Waals surface area contributed by atoms with E-state index in [1.165, 1.54) is 19.1 Å². The molecule has 5 nitrogen and oxygen atoms in total. The van der Waals surface area contributed by atoms with Crippen LogP contribution >= 0.6 is 15.9 Å². The van der Waals surface area contributed by atoms with Gasteiger partial charge in [-0.2, -0.15) is 0 Å². The molecule has 0 fully saturated rings. The van der Waals surface area contributed by atoms with Crippen LogP contribution < -0.4 is 5.48 Å². The number of nitrogens with zero attached hydrogens (tertiary/aromatic N) is 1. The third-order valence-corrected chi connectivity index (χ3v) is 1.36. The van der Waals surface area contributed by atoms with Crippen LogP contribution in [0.3, 0.4) is 0 Å². The van der Waals surface area contributed by atoms with Crippen LogP contribution in [-0.2, 0) is 0 Å². The van der Waals surface area contributed by atoms with Gasteiger partial charge in [0.05, 0.1) is 4.92 Å². The van der Waals surface area contributed by atoms with Gasteiger partial charge in [-0.1, -0.05) is 15.9 Å². The van der Waals surface area contributed by atoms with Gasteiger partial charge >= 0.3 is 0 Å². The van der Waals surface area contributed by atoms with E-state index in [4.69, 9.17) is 5.21 Å². The van der Waals surface area contributed by atoms with E-state index >= 15 is 0 Å². The van der Waals surface area contributed by atoms with Gasteiger partial charge in [0.1, 0.15) is 0 Å². The number of allylic oxidation sites excluding steroid dienone is 3. The van der Waals surface area contributed by atoms with Crippen molar-refractivity contribution in [2.75, 3.05) is 5.33 Å². The highest BCUT2D eigenvalue weighted by Crippen LogP contribution is 2.02. The van der Waals surface area contributed by atoms with E-state index in [0.717, 1.165) is 0 Å². The number of hydrogen-bond donors (Lipinski definition) is 2. The molecule has 0 bridgehead atoms. The molecule has 0 aliphatic carbocycles. The lowest BCUT2D eigenvalue weighted by Crippen LogP contribution is -2.05. The number of alkyl halides is 1. The predicted molar refractivity (Wildman–Crippen MR) is 47.6 cm³/mol. The average molecular weight is 237 g/mol. The smallest absolute Gasteiger partial charge is 0.268 e. The first kappa shape index (κ1) is 11.1. The fourth-order valence-electron chi connectivity index (χ4n) is 0.519. The number of nitrogens with one attached hydrogen (secondary N) is 1. The van der Waals surface area contributed by atoms with Crippen molar-refractivity contribution in [2.45, 2.75) is 6.92 Å². The zero-order valence-corrected chi connectivity index (χ0v) is 8.04. The minimum absolute atomic E-state index is 0.0640. The molecule has 0 aliphatic rings. The molecule has 2 N–H and O–H groups in total. The Morgan fingerprint density at radius 3 is 2.75 bits per heavy atom. The number of halogens is 1. The summed E-state index contributed by atoms with van der Waals surface area (Å²) < 4.78 is 0. The zero-order valence-electron chi connectivity index (χ0n) is 6.45. The monoisotopic (exact) mass is 236 g/mol. The fraction of sp³-hybridized carbons (Fsp3) is 0.333. The van der Waals surface area contributed by atoms with Gasteiger partial charge in [0, 0.05) is 23.2 Å². The van der Waals surface area contributed by atoms with Crippen LogP contribution in [0.4, 0.5) is 0 Å². The Bertz CT molecular complexity index is 225. The SMILES string of the molecule is C/C(=C/C(=C\CBr)[N+](=O)[O-])NO. The maximum Gasteiger partial charge on any atom is 0.268 e. The molecular weight excluding hydrogens is 228 g/mol. The van der Waals surface area contributed by atoms with E-state index in [2.05, 4.69) is 15.9 Å². The van der Waals surface area contributed by atoms with Gasteiger partial charge in [-0.3, -0.25) is 20.8 Å². The van der Waals surface area contributed by atoms with Gasteiger partial charge in [-0.25, -0.2) is 0 Å². The molecule has 0 atom stereocenters. The molecule has 0 aromatic carbocycles. The van der Waals surface area contributed by atoms with E-state index in [-0.39, 0.29) is 5.70 Å². The van der Waals surface area contributed by atoms with Crippen molar-refractivity contribution >= 4 is 15.9 Å². The first-order chi connectivity index (χ1) is 5.61. The molecule has 0 aromatic rings. The number of rotatable bonds is 4. The van der Waals surface area contributed by atoms with Crippen LogP contribution in [0.1, 0.15) is 6.92 Å². The topological polar surface area (TPSA) is 75.4 Å². The van der Waals surface area contributed by atoms with Crippen molar-refractivity contribution in [3.8, 4) is 0 Å². The summed E-state index contributed by atoms with van der Waals surface area (Å²) in [4.78, 5) is 9.78. The van der Waals surface area contributed by atoms with Gasteiger partial charge in [0.15, 0.2) is 0 Å². The maximum atomic E-state index is 10.3. The van der Waals surface area contributed by atoms with E-state index in [0.29, 0.717) is 11.0 Å². The van der Waals surface area contributed by atoms with Crippen LogP contribution in [0.5, 0.6) is 0 Å². The molecule has 0 amide bonds. The van der Waals surface area contributed by atoms with Crippen LogP contribution in [-0.4, -0.2) is 15.5 Å². The average Bonchev–Trinajstić information content (AvgIpc) is 2.03. The molecule has 0 aromatic heterocycles. The highest BCUT2D eigenvalue weighted by Gasteiger charge is 2.05. The van der Waals surface area contributed by atoms with Gasteiger partial charge in [-0.05, 0) is 6.92 Å². The quantitative estimate of drug-likeness (QED) is 0.335. The fourth-order valence-corrected chi connectivity index (χ4v) is 0.851. The number of nitro groups is 1. The molecule has 0 rings (SSSR count). The van der Waals surface area contributed by atoms with Crippen molar-refractivity contribution in [2.24, 2.45) is 0 Å². The number of hydrogen-bond acceptors (Lipinski definition) is 4. The summed E-state index contributed by atoms with van der Waals surface area (Å²) in [5.74, 6) is 0. The Morgan fingerprint density at radius 1 is 1.83 bits per heavy atom. The molecule has 0 saturated carbocycles. The normalized spacial score (nSPS) is 12.9. The van der Waals surface area contributed by atoms with Crippen molar-refractivity contribution in [3.05, 3.63) is 33.7 Å². The van der Waals surface area contributed by atoms with Gasteiger partial charge in [-0.15, -0.1) is 0 Å². The van der Waals surface area contributed by atoms with Crippen LogP contribution in [0, 0.1) is 10.1 Å². The van der Waals surface area contributed by atoms with Crippen LogP contribution in [0.25, 0.3) is 0 Å². The molecule has 12 heavy (non-hydrogen) atoms. The third kappa shape index (κ3) is 4.09. The summed E-state index contributed by atoms with van der Waals surface area (Å²) >= 11 is 3.04. The first-order valence-corrected chi connectivity index (χ1v) is 4.23. The van der Waals surface area contributed by atoms with Crippen molar-refractivity contribution < 1.29 is 10.1 Å². The minimum atomic E-state index is -0.526.